The number of rotatable bonds is 5. The van der Waals surface area contributed by atoms with Gasteiger partial charge in [-0.05, 0) is 32.0 Å². The number of ketones is 1. The molecule has 1 aromatic carbocycles. The van der Waals surface area contributed by atoms with E-state index in [0.717, 1.165) is 5.69 Å². The van der Waals surface area contributed by atoms with E-state index in [-0.39, 0.29) is 5.78 Å². The molecule has 1 aromatic rings. The molecule has 0 fully saturated rings. The largest absolute Gasteiger partial charge is 0.370 e. The summed E-state index contributed by atoms with van der Waals surface area (Å²) in [6.07, 6.45) is 0.391. The summed E-state index contributed by atoms with van der Waals surface area (Å²) in [6.45, 7) is 4.71. The molecule has 0 spiro atoms. The minimum atomic E-state index is -0.0371. The fraction of sp³-hybridized carbons (Fsp3) is 0.357. The van der Waals surface area contributed by atoms with Gasteiger partial charge in [0.1, 0.15) is 0 Å². The van der Waals surface area contributed by atoms with Crippen LogP contribution < -0.4 is 4.90 Å². The normalized spacial score (nSPS) is 9.33. The second kappa shape index (κ2) is 6.42. The zero-order valence-electron chi connectivity index (χ0n) is 10.6. The van der Waals surface area contributed by atoms with E-state index in [1.165, 1.54) is 6.92 Å². The maximum atomic E-state index is 11.6. The molecule has 0 aliphatic carbocycles. The minimum Gasteiger partial charge on any atom is -0.370 e. The first-order valence-corrected chi connectivity index (χ1v) is 5.81. The molecule has 0 aliphatic rings. The third-order valence-electron chi connectivity index (χ3n) is 2.72. The lowest BCUT2D eigenvalue weighted by Crippen LogP contribution is -2.25. The number of benzene rings is 1. The Bertz CT molecular complexity index is 523. The van der Waals surface area contributed by atoms with Gasteiger partial charge in [0.25, 0.3) is 0 Å². The van der Waals surface area contributed by atoms with Crippen LogP contribution in [0.25, 0.3) is 0 Å². The van der Waals surface area contributed by atoms with Crippen LogP contribution in [0.4, 0.5) is 5.69 Å². The fourth-order valence-corrected chi connectivity index (χ4v) is 1.79. The predicted octanol–water partition coefficient (Wildman–Crippen LogP) is 2.50. The summed E-state index contributed by atoms with van der Waals surface area (Å²) < 4.78 is 0. The minimum absolute atomic E-state index is 0.0371. The van der Waals surface area contributed by atoms with E-state index in [1.54, 1.807) is 18.2 Å². The molecule has 4 heteroatoms. The second-order valence-corrected chi connectivity index (χ2v) is 3.89. The molecule has 4 nitrogen and oxygen atoms in total. The number of nitrogens with zero attached hydrogens (tertiary/aromatic N) is 3. The maximum Gasteiger partial charge on any atom is 0.161 e. The molecular formula is C14H15N3O. The maximum absolute atomic E-state index is 11.6. The highest BCUT2D eigenvalue weighted by Gasteiger charge is 2.13. The van der Waals surface area contributed by atoms with Gasteiger partial charge in [0.05, 0.1) is 24.1 Å². The molecule has 0 aliphatic heterocycles. The highest BCUT2D eigenvalue weighted by Crippen LogP contribution is 2.23. The zero-order valence-corrected chi connectivity index (χ0v) is 10.6. The number of hydrogen-bond acceptors (Lipinski definition) is 4. The van der Waals surface area contributed by atoms with Gasteiger partial charge in [-0.15, -0.1) is 0 Å². The van der Waals surface area contributed by atoms with E-state index in [0.29, 0.717) is 30.6 Å². The molecule has 0 radical (unpaired) electrons. The number of carbonyl (C=O) groups is 1. The van der Waals surface area contributed by atoms with Gasteiger partial charge in [-0.1, -0.05) is 0 Å². The SMILES string of the molecule is CCN(CCC#N)c1cc(C#N)ccc1C(C)=O. The number of carbonyl (C=O) groups excluding carboxylic acids is 1. The van der Waals surface area contributed by atoms with Crippen molar-refractivity contribution in [3.8, 4) is 12.1 Å². The van der Waals surface area contributed by atoms with Crippen LogP contribution in [0.2, 0.25) is 0 Å². The average molecular weight is 241 g/mol. The molecule has 1 rings (SSSR count). The van der Waals surface area contributed by atoms with Crippen LogP contribution in [0.15, 0.2) is 18.2 Å². The van der Waals surface area contributed by atoms with Crippen LogP contribution >= 0.6 is 0 Å². The Morgan fingerprint density at radius 2 is 2.11 bits per heavy atom. The third kappa shape index (κ3) is 3.09. The predicted molar refractivity (Wildman–Crippen MR) is 69.3 cm³/mol. The number of hydrogen-bond donors (Lipinski definition) is 0. The molecule has 0 atom stereocenters. The van der Waals surface area contributed by atoms with Gasteiger partial charge in [-0.2, -0.15) is 10.5 Å². The summed E-state index contributed by atoms with van der Waals surface area (Å²) in [6, 6.07) is 9.17. The lowest BCUT2D eigenvalue weighted by molar-refractivity contribution is 0.101. The molecule has 0 saturated carbocycles. The van der Waals surface area contributed by atoms with Crippen LogP contribution in [0.5, 0.6) is 0 Å². The van der Waals surface area contributed by atoms with Crippen molar-refractivity contribution in [3.05, 3.63) is 29.3 Å². The van der Waals surface area contributed by atoms with Gasteiger partial charge in [0.2, 0.25) is 0 Å². The van der Waals surface area contributed by atoms with E-state index >= 15 is 0 Å². The third-order valence-corrected chi connectivity index (χ3v) is 2.72. The van der Waals surface area contributed by atoms with Crippen molar-refractivity contribution in [2.24, 2.45) is 0 Å². The van der Waals surface area contributed by atoms with Gasteiger partial charge in [0.15, 0.2) is 5.78 Å². The van der Waals surface area contributed by atoms with Crippen molar-refractivity contribution < 1.29 is 4.79 Å². The van der Waals surface area contributed by atoms with Gasteiger partial charge in [0, 0.05) is 24.3 Å². The zero-order chi connectivity index (χ0) is 13.5. The summed E-state index contributed by atoms with van der Waals surface area (Å²) in [5.41, 5.74) is 1.85. The highest BCUT2D eigenvalue weighted by molar-refractivity contribution is 6.00. The van der Waals surface area contributed by atoms with Crippen molar-refractivity contribution in [2.45, 2.75) is 20.3 Å². The Balaban J connectivity index is 3.21. The average Bonchev–Trinajstić information content (AvgIpc) is 2.39. The quantitative estimate of drug-likeness (QED) is 0.743. The van der Waals surface area contributed by atoms with Gasteiger partial charge < -0.3 is 4.90 Å². The van der Waals surface area contributed by atoms with Crippen molar-refractivity contribution in [3.63, 3.8) is 0 Å². The highest BCUT2D eigenvalue weighted by atomic mass is 16.1. The molecule has 92 valence electrons. The topological polar surface area (TPSA) is 67.9 Å². The van der Waals surface area contributed by atoms with Crippen LogP contribution in [-0.2, 0) is 0 Å². The molecule has 0 saturated heterocycles. The Labute approximate surface area is 107 Å². The summed E-state index contributed by atoms with van der Waals surface area (Å²) in [5.74, 6) is -0.0371. The van der Waals surface area contributed by atoms with E-state index in [1.807, 2.05) is 11.8 Å². The van der Waals surface area contributed by atoms with Gasteiger partial charge in [-0.3, -0.25) is 4.79 Å². The molecule has 0 heterocycles. The Hall–Kier alpha value is -2.33. The standard InChI is InChI=1S/C14H15N3O/c1-3-17(8-4-7-15)14-9-12(10-16)5-6-13(14)11(2)18/h5-6,9H,3-4,8H2,1-2H3. The van der Waals surface area contributed by atoms with Gasteiger partial charge in [-0.25, -0.2) is 0 Å². The number of nitriles is 2. The van der Waals surface area contributed by atoms with Crippen LogP contribution in [0, 0.1) is 22.7 Å². The van der Waals surface area contributed by atoms with Crippen LogP contribution in [-0.4, -0.2) is 18.9 Å². The Morgan fingerprint density at radius 1 is 1.39 bits per heavy atom. The smallest absolute Gasteiger partial charge is 0.161 e. The molecule has 0 N–H and O–H groups in total. The second-order valence-electron chi connectivity index (χ2n) is 3.89. The molecule has 0 bridgehead atoms. The van der Waals surface area contributed by atoms with Crippen molar-refractivity contribution >= 4 is 11.5 Å². The van der Waals surface area contributed by atoms with Gasteiger partial charge >= 0.3 is 0 Å². The lowest BCUT2D eigenvalue weighted by atomic mass is 10.1. The summed E-state index contributed by atoms with van der Waals surface area (Å²) in [4.78, 5) is 13.5. The van der Waals surface area contributed by atoms with Crippen molar-refractivity contribution in [1.82, 2.24) is 0 Å². The van der Waals surface area contributed by atoms with E-state index in [4.69, 9.17) is 10.5 Å². The van der Waals surface area contributed by atoms with Crippen LogP contribution in [0.1, 0.15) is 36.2 Å². The number of anilines is 1. The molecule has 0 unspecified atom stereocenters. The Morgan fingerprint density at radius 3 is 2.61 bits per heavy atom. The first-order chi connectivity index (χ1) is 8.63. The molecule has 0 amide bonds. The summed E-state index contributed by atoms with van der Waals surface area (Å²) in [5, 5.41) is 17.6. The lowest BCUT2D eigenvalue weighted by Gasteiger charge is -2.24. The summed E-state index contributed by atoms with van der Waals surface area (Å²) >= 11 is 0. The fourth-order valence-electron chi connectivity index (χ4n) is 1.79. The van der Waals surface area contributed by atoms with Crippen molar-refractivity contribution in [2.75, 3.05) is 18.0 Å². The van der Waals surface area contributed by atoms with E-state index < -0.39 is 0 Å². The first kappa shape index (κ1) is 13.7. The van der Waals surface area contributed by atoms with Crippen molar-refractivity contribution in [1.29, 1.82) is 10.5 Å². The Kier molecular flexibility index (Phi) is 4.90. The monoisotopic (exact) mass is 241 g/mol. The molecule has 0 aromatic heterocycles. The molecular weight excluding hydrogens is 226 g/mol. The number of Topliss-reactive ketones (excluding diaryl/α,β-unsaturated/α-hetero) is 1. The van der Waals surface area contributed by atoms with E-state index in [2.05, 4.69) is 12.1 Å². The van der Waals surface area contributed by atoms with E-state index in [9.17, 15) is 4.79 Å². The first-order valence-electron chi connectivity index (χ1n) is 5.81. The van der Waals surface area contributed by atoms with Crippen LogP contribution in [0.3, 0.4) is 0 Å². The summed E-state index contributed by atoms with van der Waals surface area (Å²) in [7, 11) is 0. The molecule has 18 heavy (non-hydrogen) atoms.